The second-order valence-electron chi connectivity index (χ2n) is 6.92. The van der Waals surface area contributed by atoms with Crippen LogP contribution in [0, 0.1) is 0 Å². The van der Waals surface area contributed by atoms with E-state index in [0.717, 1.165) is 5.56 Å². The van der Waals surface area contributed by atoms with Gasteiger partial charge in [-0.25, -0.2) is 9.59 Å². The Hall–Kier alpha value is -3.88. The van der Waals surface area contributed by atoms with Crippen LogP contribution in [-0.2, 0) is 16.1 Å². The van der Waals surface area contributed by atoms with Gasteiger partial charge in [0, 0.05) is 11.3 Å². The van der Waals surface area contributed by atoms with Crippen molar-refractivity contribution in [3.63, 3.8) is 0 Å². The Morgan fingerprint density at radius 3 is 2.71 bits per heavy atom. The van der Waals surface area contributed by atoms with Crippen LogP contribution in [0.3, 0.4) is 0 Å². The van der Waals surface area contributed by atoms with E-state index in [4.69, 9.17) is 23.7 Å². The maximum absolute atomic E-state index is 13.1. The number of esters is 1. The molecule has 2 aliphatic rings. The minimum atomic E-state index is -0.775. The van der Waals surface area contributed by atoms with Crippen LogP contribution in [0.15, 0.2) is 47.7 Å². The zero-order chi connectivity index (χ0) is 22.0. The molecule has 2 heterocycles. The molecule has 0 radical (unpaired) electrons. The van der Waals surface area contributed by atoms with Crippen LogP contribution in [0.4, 0.5) is 4.79 Å². The molecule has 9 heteroatoms. The van der Waals surface area contributed by atoms with E-state index in [1.807, 2.05) is 0 Å². The highest BCUT2D eigenvalue weighted by Crippen LogP contribution is 2.39. The first kappa shape index (κ1) is 20.4. The molecule has 2 N–H and O–H groups in total. The number of amides is 2. The quantitative estimate of drug-likeness (QED) is 0.685. The summed E-state index contributed by atoms with van der Waals surface area (Å²) >= 11 is 0. The van der Waals surface area contributed by atoms with Gasteiger partial charge in [0.2, 0.25) is 6.79 Å². The van der Waals surface area contributed by atoms with E-state index in [1.165, 1.54) is 14.2 Å². The Morgan fingerprint density at radius 2 is 1.94 bits per heavy atom. The normalized spacial score (nSPS) is 17.0. The van der Waals surface area contributed by atoms with Crippen LogP contribution >= 0.6 is 0 Å². The SMILES string of the molecule is COc1cccc(C2NC(=O)NC(C)=C2C(=O)OCc2ccc3c(c2)OCO3)c1OC. The number of ether oxygens (including phenoxy) is 5. The molecule has 162 valence electrons. The first-order chi connectivity index (χ1) is 15.0. The summed E-state index contributed by atoms with van der Waals surface area (Å²) in [5.74, 6) is 1.59. The van der Waals surface area contributed by atoms with E-state index in [1.54, 1.807) is 43.3 Å². The fourth-order valence-corrected chi connectivity index (χ4v) is 3.59. The van der Waals surface area contributed by atoms with Crippen LogP contribution in [0.2, 0.25) is 0 Å². The molecule has 0 aromatic heterocycles. The molecule has 0 saturated carbocycles. The molecule has 31 heavy (non-hydrogen) atoms. The van der Waals surface area contributed by atoms with Crippen molar-refractivity contribution in [3.8, 4) is 23.0 Å². The maximum Gasteiger partial charge on any atom is 0.338 e. The standard InChI is InChI=1S/C22H22N2O7/c1-12-18(21(25)29-10-13-7-8-15-17(9-13)31-11-30-15)19(24-22(26)23-12)14-5-4-6-16(27-2)20(14)28-3/h4-9,19H,10-11H2,1-3H3,(H2,23,24,26). The molecule has 0 bridgehead atoms. The van der Waals surface area contributed by atoms with Gasteiger partial charge in [0.05, 0.1) is 25.8 Å². The van der Waals surface area contributed by atoms with E-state index in [-0.39, 0.29) is 19.0 Å². The number of carbonyl (C=O) groups excluding carboxylic acids is 2. The van der Waals surface area contributed by atoms with Gasteiger partial charge in [-0.2, -0.15) is 0 Å². The van der Waals surface area contributed by atoms with Gasteiger partial charge in [-0.1, -0.05) is 18.2 Å². The van der Waals surface area contributed by atoms with Crippen LogP contribution in [-0.4, -0.2) is 33.0 Å². The zero-order valence-electron chi connectivity index (χ0n) is 17.3. The summed E-state index contributed by atoms with van der Waals surface area (Å²) in [7, 11) is 3.02. The zero-order valence-corrected chi connectivity index (χ0v) is 17.3. The number of carbonyl (C=O) groups is 2. The van der Waals surface area contributed by atoms with Crippen molar-refractivity contribution < 1.29 is 33.3 Å². The van der Waals surface area contributed by atoms with Gasteiger partial charge < -0.3 is 34.3 Å². The molecule has 0 aliphatic carbocycles. The molecule has 2 aromatic carbocycles. The van der Waals surface area contributed by atoms with E-state index in [0.29, 0.717) is 34.3 Å². The van der Waals surface area contributed by atoms with Crippen LogP contribution < -0.4 is 29.6 Å². The fourth-order valence-electron chi connectivity index (χ4n) is 3.59. The summed E-state index contributed by atoms with van der Waals surface area (Å²) in [5.41, 5.74) is 1.99. The number of allylic oxidation sites excluding steroid dienone is 1. The number of fused-ring (bicyclic) bond motifs is 1. The lowest BCUT2D eigenvalue weighted by Crippen LogP contribution is -2.45. The minimum Gasteiger partial charge on any atom is -0.493 e. The van der Waals surface area contributed by atoms with Gasteiger partial charge in [0.25, 0.3) is 0 Å². The number of nitrogens with one attached hydrogen (secondary N) is 2. The first-order valence-electron chi connectivity index (χ1n) is 9.56. The lowest BCUT2D eigenvalue weighted by molar-refractivity contribution is -0.140. The summed E-state index contributed by atoms with van der Waals surface area (Å²) in [6.45, 7) is 1.85. The van der Waals surface area contributed by atoms with Crippen molar-refractivity contribution in [1.82, 2.24) is 10.6 Å². The number of urea groups is 1. The molecule has 0 saturated heterocycles. The van der Waals surface area contributed by atoms with Crippen molar-refractivity contribution in [1.29, 1.82) is 0 Å². The molecule has 2 aliphatic heterocycles. The smallest absolute Gasteiger partial charge is 0.338 e. The average Bonchev–Trinajstić information content (AvgIpc) is 3.24. The topological polar surface area (TPSA) is 104 Å². The number of para-hydroxylation sites is 1. The van der Waals surface area contributed by atoms with Gasteiger partial charge in [0.1, 0.15) is 6.61 Å². The third-order valence-corrected chi connectivity index (χ3v) is 5.04. The molecule has 4 rings (SSSR count). The maximum atomic E-state index is 13.1. The monoisotopic (exact) mass is 426 g/mol. The lowest BCUT2D eigenvalue weighted by Gasteiger charge is -2.29. The molecule has 1 atom stereocenters. The van der Waals surface area contributed by atoms with E-state index < -0.39 is 18.0 Å². The molecule has 0 spiro atoms. The molecular formula is C22H22N2O7. The van der Waals surface area contributed by atoms with Crippen molar-refractivity contribution in [2.24, 2.45) is 0 Å². The third kappa shape index (κ3) is 3.94. The largest absolute Gasteiger partial charge is 0.493 e. The predicted octanol–water partition coefficient (Wildman–Crippen LogP) is 2.80. The van der Waals surface area contributed by atoms with Gasteiger partial charge in [0.15, 0.2) is 23.0 Å². The van der Waals surface area contributed by atoms with Gasteiger partial charge in [-0.05, 0) is 30.7 Å². The van der Waals surface area contributed by atoms with Gasteiger partial charge in [-0.3, -0.25) is 0 Å². The Balaban J connectivity index is 1.61. The molecular weight excluding hydrogens is 404 g/mol. The highest BCUT2D eigenvalue weighted by molar-refractivity contribution is 5.95. The van der Waals surface area contributed by atoms with Crippen LogP contribution in [0.5, 0.6) is 23.0 Å². The highest BCUT2D eigenvalue weighted by Gasteiger charge is 2.34. The summed E-state index contributed by atoms with van der Waals surface area (Å²) in [6.07, 6.45) is 0. The minimum absolute atomic E-state index is 0.0299. The number of hydrogen-bond acceptors (Lipinski definition) is 7. The lowest BCUT2D eigenvalue weighted by atomic mass is 9.94. The molecule has 1 unspecified atom stereocenters. The van der Waals surface area contributed by atoms with Crippen molar-refractivity contribution >= 4 is 12.0 Å². The molecule has 2 amide bonds. The second-order valence-corrected chi connectivity index (χ2v) is 6.92. The summed E-state index contributed by atoms with van der Waals surface area (Å²) in [4.78, 5) is 25.2. The highest BCUT2D eigenvalue weighted by atomic mass is 16.7. The van der Waals surface area contributed by atoms with E-state index in [9.17, 15) is 9.59 Å². The number of hydrogen-bond donors (Lipinski definition) is 2. The van der Waals surface area contributed by atoms with Crippen molar-refractivity contribution in [2.45, 2.75) is 19.6 Å². The van der Waals surface area contributed by atoms with Crippen LogP contribution in [0.25, 0.3) is 0 Å². The average molecular weight is 426 g/mol. The number of rotatable bonds is 6. The Morgan fingerprint density at radius 1 is 1.13 bits per heavy atom. The number of benzene rings is 2. The molecule has 0 fully saturated rings. The Bertz CT molecular complexity index is 1060. The van der Waals surface area contributed by atoms with Crippen LogP contribution in [0.1, 0.15) is 24.1 Å². The summed E-state index contributed by atoms with van der Waals surface area (Å²) in [5, 5.41) is 5.40. The second kappa shape index (κ2) is 8.47. The van der Waals surface area contributed by atoms with Gasteiger partial charge >= 0.3 is 12.0 Å². The van der Waals surface area contributed by atoms with Gasteiger partial charge in [-0.15, -0.1) is 0 Å². The Labute approximate surface area is 178 Å². The van der Waals surface area contributed by atoms with Crippen molar-refractivity contribution in [2.75, 3.05) is 21.0 Å². The Kier molecular flexibility index (Phi) is 5.57. The predicted molar refractivity (Wildman–Crippen MR) is 109 cm³/mol. The molecule has 2 aromatic rings. The fraction of sp³-hybridized carbons (Fsp3) is 0.273. The summed E-state index contributed by atoms with van der Waals surface area (Å²) < 4.78 is 27.1. The molecule has 9 nitrogen and oxygen atoms in total. The third-order valence-electron chi connectivity index (χ3n) is 5.04. The first-order valence-corrected chi connectivity index (χ1v) is 9.56. The van der Waals surface area contributed by atoms with E-state index >= 15 is 0 Å². The van der Waals surface area contributed by atoms with Crippen molar-refractivity contribution in [3.05, 3.63) is 58.8 Å². The number of methoxy groups -OCH3 is 2. The summed E-state index contributed by atoms with van der Waals surface area (Å²) in [6, 6.07) is 9.38. The van der Waals surface area contributed by atoms with E-state index in [2.05, 4.69) is 10.6 Å².